The molecule has 1 aliphatic rings. The molecule has 0 aliphatic carbocycles. The Bertz CT molecular complexity index is 1030. The SMILES string of the molecule is Cc1nnc2n1CC(C(=O)O)N(C(=O)COc1ccc3ccccc3c1)C2. The zero-order valence-corrected chi connectivity index (χ0v) is 14.7. The van der Waals surface area contributed by atoms with E-state index in [0.717, 1.165) is 10.8 Å². The number of benzene rings is 2. The number of ether oxygens (including phenoxy) is 1. The van der Waals surface area contributed by atoms with E-state index in [1.165, 1.54) is 4.90 Å². The number of nitrogens with zero attached hydrogens (tertiary/aromatic N) is 4. The minimum atomic E-state index is -1.06. The van der Waals surface area contributed by atoms with Gasteiger partial charge in [0.15, 0.2) is 12.4 Å². The Morgan fingerprint density at radius 1 is 1.19 bits per heavy atom. The Balaban J connectivity index is 1.50. The first-order chi connectivity index (χ1) is 13.0. The van der Waals surface area contributed by atoms with Crippen molar-refractivity contribution >= 4 is 22.6 Å². The lowest BCUT2D eigenvalue weighted by molar-refractivity contribution is -0.153. The molecule has 0 saturated carbocycles. The summed E-state index contributed by atoms with van der Waals surface area (Å²) in [6.07, 6.45) is 0. The van der Waals surface area contributed by atoms with Crippen LogP contribution in [0, 0.1) is 6.92 Å². The second-order valence-electron chi connectivity index (χ2n) is 6.45. The molecule has 0 spiro atoms. The highest BCUT2D eigenvalue weighted by atomic mass is 16.5. The van der Waals surface area contributed by atoms with Crippen molar-refractivity contribution in [2.75, 3.05) is 6.61 Å². The van der Waals surface area contributed by atoms with E-state index >= 15 is 0 Å². The van der Waals surface area contributed by atoms with E-state index in [-0.39, 0.29) is 19.7 Å². The first-order valence-corrected chi connectivity index (χ1v) is 8.55. The first kappa shape index (κ1) is 17.0. The molecule has 1 atom stereocenters. The average Bonchev–Trinajstić information content (AvgIpc) is 3.05. The van der Waals surface area contributed by atoms with E-state index in [1.807, 2.05) is 36.4 Å². The van der Waals surface area contributed by atoms with Crippen molar-refractivity contribution in [3.8, 4) is 5.75 Å². The number of carboxylic acid groups (broad SMARTS) is 1. The van der Waals surface area contributed by atoms with Crippen LogP contribution in [0.5, 0.6) is 5.75 Å². The number of carbonyl (C=O) groups excluding carboxylic acids is 1. The van der Waals surface area contributed by atoms with Gasteiger partial charge in [0.2, 0.25) is 0 Å². The summed E-state index contributed by atoms with van der Waals surface area (Å²) in [5.41, 5.74) is 0. The number of carbonyl (C=O) groups is 2. The smallest absolute Gasteiger partial charge is 0.328 e. The molecule has 1 aliphatic heterocycles. The maximum absolute atomic E-state index is 12.6. The summed E-state index contributed by atoms with van der Waals surface area (Å²) in [6, 6.07) is 12.4. The third kappa shape index (κ3) is 3.21. The van der Waals surface area contributed by atoms with Gasteiger partial charge in [-0.05, 0) is 29.8 Å². The van der Waals surface area contributed by atoms with Gasteiger partial charge in [0.05, 0.1) is 13.1 Å². The lowest BCUT2D eigenvalue weighted by Gasteiger charge is -2.33. The van der Waals surface area contributed by atoms with Crippen LogP contribution >= 0.6 is 0 Å². The lowest BCUT2D eigenvalue weighted by Crippen LogP contribution is -2.52. The molecule has 3 aromatic rings. The molecule has 1 N–H and O–H groups in total. The Morgan fingerprint density at radius 2 is 1.96 bits per heavy atom. The summed E-state index contributed by atoms with van der Waals surface area (Å²) in [5, 5.41) is 19.6. The molecule has 27 heavy (non-hydrogen) atoms. The van der Waals surface area contributed by atoms with Gasteiger partial charge in [0.1, 0.15) is 17.6 Å². The zero-order chi connectivity index (χ0) is 19.0. The molecule has 4 rings (SSSR count). The number of aryl methyl sites for hydroxylation is 1. The third-order valence-electron chi connectivity index (χ3n) is 4.74. The monoisotopic (exact) mass is 366 g/mol. The number of aliphatic carboxylic acids is 1. The van der Waals surface area contributed by atoms with Crippen LogP contribution in [-0.2, 0) is 22.7 Å². The molecule has 0 bridgehead atoms. The van der Waals surface area contributed by atoms with E-state index in [0.29, 0.717) is 17.4 Å². The van der Waals surface area contributed by atoms with Crippen LogP contribution in [0.15, 0.2) is 42.5 Å². The number of amides is 1. The van der Waals surface area contributed by atoms with E-state index in [4.69, 9.17) is 4.74 Å². The van der Waals surface area contributed by atoms with Gasteiger partial charge >= 0.3 is 5.97 Å². The molecule has 1 unspecified atom stereocenters. The molecular formula is C19H18N4O4. The van der Waals surface area contributed by atoms with Gasteiger partial charge in [0.25, 0.3) is 5.91 Å². The van der Waals surface area contributed by atoms with Crippen molar-refractivity contribution in [3.05, 3.63) is 54.1 Å². The molecule has 138 valence electrons. The van der Waals surface area contributed by atoms with Crippen molar-refractivity contribution in [3.63, 3.8) is 0 Å². The van der Waals surface area contributed by atoms with Crippen molar-refractivity contribution in [2.24, 2.45) is 0 Å². The number of aromatic nitrogens is 3. The summed E-state index contributed by atoms with van der Waals surface area (Å²) >= 11 is 0. The van der Waals surface area contributed by atoms with Crippen LogP contribution in [-0.4, -0.2) is 49.3 Å². The predicted molar refractivity (Wildman–Crippen MR) is 96.2 cm³/mol. The Kier molecular flexibility index (Phi) is 4.23. The van der Waals surface area contributed by atoms with Crippen LogP contribution in [0.25, 0.3) is 10.8 Å². The molecular weight excluding hydrogens is 348 g/mol. The molecule has 2 heterocycles. The fourth-order valence-electron chi connectivity index (χ4n) is 3.27. The molecule has 0 fully saturated rings. The molecule has 2 aromatic carbocycles. The van der Waals surface area contributed by atoms with Crippen molar-refractivity contribution in [1.82, 2.24) is 19.7 Å². The van der Waals surface area contributed by atoms with Gasteiger partial charge in [-0.2, -0.15) is 0 Å². The van der Waals surface area contributed by atoms with Crippen molar-refractivity contribution in [1.29, 1.82) is 0 Å². The maximum Gasteiger partial charge on any atom is 0.328 e. The number of fused-ring (bicyclic) bond motifs is 2. The predicted octanol–water partition coefficient (Wildman–Crippen LogP) is 1.61. The van der Waals surface area contributed by atoms with Crippen LogP contribution in [0.3, 0.4) is 0 Å². The summed E-state index contributed by atoms with van der Waals surface area (Å²) in [5.74, 6) is 0.306. The highest BCUT2D eigenvalue weighted by Gasteiger charge is 2.36. The van der Waals surface area contributed by atoms with Crippen LogP contribution in [0.4, 0.5) is 0 Å². The molecule has 8 nitrogen and oxygen atoms in total. The number of hydrogen-bond acceptors (Lipinski definition) is 5. The molecule has 1 aromatic heterocycles. The summed E-state index contributed by atoms with van der Waals surface area (Å²) < 4.78 is 7.35. The Morgan fingerprint density at radius 3 is 2.74 bits per heavy atom. The van der Waals surface area contributed by atoms with Crippen LogP contribution in [0.2, 0.25) is 0 Å². The second kappa shape index (κ2) is 6.71. The van der Waals surface area contributed by atoms with Crippen molar-refractivity contribution < 1.29 is 19.4 Å². The molecule has 0 saturated heterocycles. The number of rotatable bonds is 4. The minimum absolute atomic E-state index is 0.0950. The molecule has 0 radical (unpaired) electrons. The van der Waals surface area contributed by atoms with E-state index in [1.54, 1.807) is 17.6 Å². The topological polar surface area (TPSA) is 97.5 Å². The normalized spacial score (nSPS) is 16.2. The largest absolute Gasteiger partial charge is 0.484 e. The summed E-state index contributed by atoms with van der Waals surface area (Å²) in [6.45, 7) is 1.74. The van der Waals surface area contributed by atoms with Crippen LogP contribution < -0.4 is 4.74 Å². The third-order valence-corrected chi connectivity index (χ3v) is 4.74. The van der Waals surface area contributed by atoms with Gasteiger partial charge in [0, 0.05) is 0 Å². The zero-order valence-electron chi connectivity index (χ0n) is 14.7. The standard InChI is InChI=1S/C19H18N4O4/c1-12-20-21-17-10-23(16(19(25)26)9-22(12)17)18(24)11-27-15-7-6-13-4-2-3-5-14(13)8-15/h2-8,16H,9-11H2,1H3,(H,25,26). The Labute approximate surface area is 155 Å². The highest BCUT2D eigenvalue weighted by molar-refractivity contribution is 5.85. The van der Waals surface area contributed by atoms with Gasteiger partial charge in [-0.15, -0.1) is 10.2 Å². The number of carboxylic acids is 1. The molecule has 8 heteroatoms. The molecule has 1 amide bonds. The van der Waals surface area contributed by atoms with E-state index in [2.05, 4.69) is 10.2 Å². The van der Waals surface area contributed by atoms with Crippen molar-refractivity contribution in [2.45, 2.75) is 26.1 Å². The van der Waals surface area contributed by atoms with E-state index in [9.17, 15) is 14.7 Å². The first-order valence-electron chi connectivity index (χ1n) is 8.55. The fraction of sp³-hybridized carbons (Fsp3) is 0.263. The second-order valence-corrected chi connectivity index (χ2v) is 6.45. The van der Waals surface area contributed by atoms with Gasteiger partial charge in [-0.25, -0.2) is 4.79 Å². The lowest BCUT2D eigenvalue weighted by atomic mass is 10.1. The van der Waals surface area contributed by atoms with Gasteiger partial charge in [-0.3, -0.25) is 4.79 Å². The van der Waals surface area contributed by atoms with Gasteiger partial charge < -0.3 is 19.3 Å². The van der Waals surface area contributed by atoms with Crippen LogP contribution in [0.1, 0.15) is 11.6 Å². The average molecular weight is 366 g/mol. The Hall–Kier alpha value is -3.42. The maximum atomic E-state index is 12.6. The minimum Gasteiger partial charge on any atom is -0.484 e. The summed E-state index contributed by atoms with van der Waals surface area (Å²) in [4.78, 5) is 25.6. The van der Waals surface area contributed by atoms with E-state index < -0.39 is 17.9 Å². The van der Waals surface area contributed by atoms with Gasteiger partial charge in [-0.1, -0.05) is 30.3 Å². The fourth-order valence-corrected chi connectivity index (χ4v) is 3.27. The number of hydrogen-bond donors (Lipinski definition) is 1. The summed E-state index contributed by atoms with van der Waals surface area (Å²) in [7, 11) is 0. The highest BCUT2D eigenvalue weighted by Crippen LogP contribution is 2.22. The quantitative estimate of drug-likeness (QED) is 0.753.